The van der Waals surface area contributed by atoms with Crippen LogP contribution in [0.15, 0.2) is 23.1 Å². The molecule has 1 aliphatic heterocycles. The molecule has 0 fully saturated rings. The summed E-state index contributed by atoms with van der Waals surface area (Å²) in [5.74, 6) is 0.554. The second-order valence-electron chi connectivity index (χ2n) is 5.36. The Labute approximate surface area is 147 Å². The first-order chi connectivity index (χ1) is 12.7. The normalized spacial score (nSPS) is 13.2. The fraction of sp³-hybridized carbons (Fsp3) is 0.143. The summed E-state index contributed by atoms with van der Waals surface area (Å²) < 4.78 is 13.3. The Bertz CT molecular complexity index is 1210. The first kappa shape index (κ1) is 14.8. The van der Waals surface area contributed by atoms with E-state index in [4.69, 9.17) is 9.47 Å². The van der Waals surface area contributed by atoms with Crippen molar-refractivity contribution in [3.63, 3.8) is 0 Å². The van der Waals surface area contributed by atoms with Crippen molar-refractivity contribution in [1.29, 1.82) is 0 Å². The molecule has 4 heterocycles. The smallest absolute Gasteiger partial charge is 0.271 e. The molecule has 0 saturated heterocycles. The van der Waals surface area contributed by atoms with Crippen LogP contribution in [0.5, 0.6) is 11.5 Å². The van der Waals surface area contributed by atoms with Crippen LogP contribution in [0.4, 0.5) is 5.95 Å². The molecule has 5 rings (SSSR count). The van der Waals surface area contributed by atoms with Gasteiger partial charge >= 0.3 is 0 Å². The Hall–Kier alpha value is -3.54. The summed E-state index contributed by atoms with van der Waals surface area (Å²) in [6, 6.07) is 3.53. The van der Waals surface area contributed by atoms with Crippen LogP contribution in [-0.4, -0.2) is 49.1 Å². The number of H-pyrrole nitrogens is 1. The number of rotatable bonds is 2. The molecule has 1 amide bonds. The van der Waals surface area contributed by atoms with E-state index in [1.807, 2.05) is 6.07 Å². The van der Waals surface area contributed by atoms with Crippen molar-refractivity contribution in [2.45, 2.75) is 0 Å². The van der Waals surface area contributed by atoms with Crippen LogP contribution in [0.3, 0.4) is 0 Å². The van der Waals surface area contributed by atoms with E-state index in [1.54, 1.807) is 6.07 Å². The highest BCUT2D eigenvalue weighted by molar-refractivity contribution is 7.23. The summed E-state index contributed by atoms with van der Waals surface area (Å²) in [5, 5.41) is 15.1. The van der Waals surface area contributed by atoms with Gasteiger partial charge in [-0.1, -0.05) is 16.4 Å². The number of nitrogens with one attached hydrogen (secondary N) is 2. The average Bonchev–Trinajstić information content (AvgIpc) is 3.27. The number of hydrogen-bond donors (Lipinski definition) is 2. The van der Waals surface area contributed by atoms with Crippen molar-refractivity contribution in [2.24, 2.45) is 0 Å². The SMILES string of the molecule is O=C(Nc1nnn[nH]1)c1cnc2sc3cc4c(cc3n2c1=O)OCCO4. The molecule has 2 N–H and O–H groups in total. The molecule has 1 aromatic carbocycles. The van der Waals surface area contributed by atoms with Crippen LogP contribution in [-0.2, 0) is 0 Å². The number of carbonyl (C=O) groups is 1. The van der Waals surface area contributed by atoms with Crippen LogP contribution in [0.2, 0.25) is 0 Å². The molecule has 1 aliphatic rings. The minimum Gasteiger partial charge on any atom is -0.486 e. The van der Waals surface area contributed by atoms with Crippen LogP contribution in [0, 0.1) is 0 Å². The molecule has 26 heavy (non-hydrogen) atoms. The molecule has 130 valence electrons. The van der Waals surface area contributed by atoms with Gasteiger partial charge in [0.15, 0.2) is 16.5 Å². The topological polar surface area (TPSA) is 136 Å². The number of tetrazole rings is 1. The first-order valence-electron chi connectivity index (χ1n) is 7.50. The zero-order chi connectivity index (χ0) is 17.7. The van der Waals surface area contributed by atoms with E-state index in [0.29, 0.717) is 35.2 Å². The van der Waals surface area contributed by atoms with Gasteiger partial charge in [-0.15, -0.1) is 0 Å². The predicted octanol–water partition coefficient (Wildman–Crippen LogP) is 0.446. The third-order valence-corrected chi connectivity index (χ3v) is 4.83. The standard InChI is InChI=1S/C14H9N7O4S/c22-11(16-13-17-19-20-18-13)6-5-15-14-21(12(6)23)7-3-8-9(4-10(7)26-14)25-2-1-24-8/h3-5H,1-2H2,(H2,16,17,18,19,20,22). The average molecular weight is 371 g/mol. The van der Waals surface area contributed by atoms with Gasteiger partial charge in [-0.25, -0.2) is 10.1 Å². The monoisotopic (exact) mass is 371 g/mol. The Morgan fingerprint density at radius 3 is 2.85 bits per heavy atom. The van der Waals surface area contributed by atoms with Crippen molar-refractivity contribution in [3.8, 4) is 11.5 Å². The molecule has 4 aromatic rings. The molecule has 0 radical (unpaired) electrons. The number of carbonyl (C=O) groups excluding carboxylic acids is 1. The molecular formula is C14H9N7O4S. The Kier molecular flexibility index (Phi) is 3.12. The lowest BCUT2D eigenvalue weighted by Crippen LogP contribution is -2.26. The number of benzene rings is 1. The summed E-state index contributed by atoms with van der Waals surface area (Å²) in [5.41, 5.74) is -0.0286. The Morgan fingerprint density at radius 2 is 2.08 bits per heavy atom. The number of anilines is 1. The van der Waals surface area contributed by atoms with E-state index in [2.05, 4.69) is 30.9 Å². The minimum atomic E-state index is -0.660. The first-order valence-corrected chi connectivity index (χ1v) is 8.31. The van der Waals surface area contributed by atoms with Crippen molar-refractivity contribution < 1.29 is 14.3 Å². The predicted molar refractivity (Wildman–Crippen MR) is 90.0 cm³/mol. The molecule has 3 aromatic heterocycles. The highest BCUT2D eigenvalue weighted by atomic mass is 32.1. The van der Waals surface area contributed by atoms with E-state index >= 15 is 0 Å². The summed E-state index contributed by atoms with van der Waals surface area (Å²) in [6.07, 6.45) is 1.24. The quantitative estimate of drug-likeness (QED) is 0.518. The number of hydrogen-bond acceptors (Lipinski definition) is 9. The number of thiazole rings is 1. The van der Waals surface area contributed by atoms with Gasteiger partial charge < -0.3 is 9.47 Å². The lowest BCUT2D eigenvalue weighted by molar-refractivity contribution is 0.102. The van der Waals surface area contributed by atoms with Crippen molar-refractivity contribution in [1.82, 2.24) is 30.0 Å². The number of ether oxygens (including phenoxy) is 2. The summed E-state index contributed by atoms with van der Waals surface area (Å²) in [6.45, 7) is 0.912. The van der Waals surface area contributed by atoms with Crippen molar-refractivity contribution in [3.05, 3.63) is 34.2 Å². The van der Waals surface area contributed by atoms with E-state index in [0.717, 1.165) is 4.70 Å². The van der Waals surface area contributed by atoms with Gasteiger partial charge in [-0.05, 0) is 10.4 Å². The van der Waals surface area contributed by atoms with Crippen molar-refractivity contribution >= 4 is 38.4 Å². The van der Waals surface area contributed by atoms with Crippen molar-refractivity contribution in [2.75, 3.05) is 18.5 Å². The number of aromatic nitrogens is 6. The van der Waals surface area contributed by atoms with Crippen LogP contribution in [0.1, 0.15) is 10.4 Å². The number of fused-ring (bicyclic) bond motifs is 4. The van der Waals surface area contributed by atoms with Crippen LogP contribution >= 0.6 is 11.3 Å². The Balaban J connectivity index is 1.67. The molecule has 0 saturated carbocycles. The molecule has 0 aliphatic carbocycles. The van der Waals surface area contributed by atoms with E-state index < -0.39 is 11.5 Å². The Morgan fingerprint density at radius 1 is 1.27 bits per heavy atom. The maximum atomic E-state index is 12.9. The number of aromatic amines is 1. The van der Waals surface area contributed by atoms with Gasteiger partial charge in [-0.3, -0.25) is 19.3 Å². The van der Waals surface area contributed by atoms with Gasteiger partial charge in [-0.2, -0.15) is 0 Å². The largest absolute Gasteiger partial charge is 0.486 e. The van der Waals surface area contributed by atoms with Gasteiger partial charge in [0, 0.05) is 18.3 Å². The molecule has 0 spiro atoms. The molecule has 12 heteroatoms. The van der Waals surface area contributed by atoms with Crippen LogP contribution < -0.4 is 20.3 Å². The highest BCUT2D eigenvalue weighted by Crippen LogP contribution is 2.37. The second-order valence-corrected chi connectivity index (χ2v) is 6.37. The van der Waals surface area contributed by atoms with E-state index in [-0.39, 0.29) is 11.5 Å². The minimum absolute atomic E-state index is 0.0364. The van der Waals surface area contributed by atoms with Crippen LogP contribution in [0.25, 0.3) is 15.2 Å². The summed E-state index contributed by atoms with van der Waals surface area (Å²) in [4.78, 5) is 29.9. The molecule has 0 bridgehead atoms. The van der Waals surface area contributed by atoms with Gasteiger partial charge in [0.1, 0.15) is 18.8 Å². The zero-order valence-corrected chi connectivity index (χ0v) is 13.7. The molecule has 0 unspecified atom stereocenters. The lowest BCUT2D eigenvalue weighted by Gasteiger charge is -2.17. The third kappa shape index (κ3) is 2.19. The van der Waals surface area contributed by atoms with Gasteiger partial charge in [0.2, 0.25) is 5.95 Å². The van der Waals surface area contributed by atoms with Gasteiger partial charge in [0.25, 0.3) is 11.5 Å². The molecule has 0 atom stereocenters. The third-order valence-electron chi connectivity index (χ3n) is 3.82. The highest BCUT2D eigenvalue weighted by Gasteiger charge is 2.20. The van der Waals surface area contributed by atoms with E-state index in [9.17, 15) is 9.59 Å². The summed E-state index contributed by atoms with van der Waals surface area (Å²) >= 11 is 1.32. The lowest BCUT2D eigenvalue weighted by atomic mass is 10.2. The fourth-order valence-electron chi connectivity index (χ4n) is 2.68. The second kappa shape index (κ2) is 5.49. The zero-order valence-electron chi connectivity index (χ0n) is 12.9. The fourth-order valence-corrected chi connectivity index (χ4v) is 3.68. The molecular weight excluding hydrogens is 362 g/mol. The number of nitrogens with zero attached hydrogens (tertiary/aromatic N) is 5. The number of amides is 1. The maximum Gasteiger partial charge on any atom is 0.271 e. The molecule has 11 nitrogen and oxygen atoms in total. The van der Waals surface area contributed by atoms with E-state index in [1.165, 1.54) is 21.9 Å². The van der Waals surface area contributed by atoms with Gasteiger partial charge in [0.05, 0.1) is 10.2 Å². The summed E-state index contributed by atoms with van der Waals surface area (Å²) in [7, 11) is 0. The maximum absolute atomic E-state index is 12.9.